The van der Waals surface area contributed by atoms with Gasteiger partial charge in [0, 0.05) is 5.56 Å². The van der Waals surface area contributed by atoms with Crippen molar-refractivity contribution < 1.29 is 22.6 Å². The summed E-state index contributed by atoms with van der Waals surface area (Å²) >= 11 is 0. The monoisotopic (exact) mass is 288 g/mol. The van der Waals surface area contributed by atoms with Gasteiger partial charge in [-0.25, -0.2) is 0 Å². The molecule has 0 spiro atoms. The highest BCUT2D eigenvalue weighted by atomic mass is 19.4. The zero-order chi connectivity index (χ0) is 15.0. The molecule has 5 heteroatoms. The van der Waals surface area contributed by atoms with E-state index in [0.29, 0.717) is 0 Å². The van der Waals surface area contributed by atoms with Crippen molar-refractivity contribution in [3.8, 4) is 0 Å². The van der Waals surface area contributed by atoms with Gasteiger partial charge in [0.15, 0.2) is 6.29 Å². The third-order valence-corrected chi connectivity index (χ3v) is 3.41. The number of halogens is 3. The molecule has 112 valence electrons. The van der Waals surface area contributed by atoms with E-state index in [2.05, 4.69) is 0 Å². The Morgan fingerprint density at radius 1 is 1.05 bits per heavy atom. The fourth-order valence-electron chi connectivity index (χ4n) is 2.40. The Morgan fingerprint density at radius 2 is 1.65 bits per heavy atom. The van der Waals surface area contributed by atoms with Crippen molar-refractivity contribution in [1.82, 2.24) is 0 Å². The number of hydrogen-bond acceptors (Lipinski definition) is 2. The molecule has 0 aliphatic carbocycles. The SMILES string of the molecule is CC(C)(C)[C@H]1O[C@@H](c2ccccc2)OC[C@@H]1C(F)(F)F. The van der Waals surface area contributed by atoms with Crippen molar-refractivity contribution in [3.63, 3.8) is 0 Å². The van der Waals surface area contributed by atoms with Gasteiger partial charge in [-0.1, -0.05) is 51.1 Å². The van der Waals surface area contributed by atoms with Gasteiger partial charge in [0.2, 0.25) is 0 Å². The van der Waals surface area contributed by atoms with E-state index in [1.54, 1.807) is 32.9 Å². The molecule has 1 aromatic rings. The lowest BCUT2D eigenvalue weighted by Crippen LogP contribution is -2.50. The molecule has 1 saturated heterocycles. The van der Waals surface area contributed by atoms with Crippen LogP contribution in [0.25, 0.3) is 0 Å². The second kappa shape index (κ2) is 5.37. The standard InChI is InChI=1S/C15H19F3O2/c1-14(2,3)12-11(15(16,17)18)9-19-13(20-12)10-7-5-4-6-8-10/h4-8,11-13H,9H2,1-3H3/t11-,12-,13-/m0/s1. The normalized spacial score (nSPS) is 28.4. The second-order valence-electron chi connectivity index (χ2n) is 6.15. The summed E-state index contributed by atoms with van der Waals surface area (Å²) in [4.78, 5) is 0. The quantitative estimate of drug-likeness (QED) is 0.766. The summed E-state index contributed by atoms with van der Waals surface area (Å²) in [6.07, 6.45) is -5.99. The fraction of sp³-hybridized carbons (Fsp3) is 0.600. The number of alkyl halides is 3. The van der Waals surface area contributed by atoms with Crippen LogP contribution in [-0.2, 0) is 9.47 Å². The predicted octanol–water partition coefficient (Wildman–Crippen LogP) is 4.33. The van der Waals surface area contributed by atoms with Crippen LogP contribution in [0, 0.1) is 11.3 Å². The Morgan fingerprint density at radius 3 is 2.15 bits per heavy atom. The molecule has 20 heavy (non-hydrogen) atoms. The average molecular weight is 288 g/mol. The van der Waals surface area contributed by atoms with Gasteiger partial charge in [-0.15, -0.1) is 0 Å². The van der Waals surface area contributed by atoms with E-state index in [-0.39, 0.29) is 6.61 Å². The minimum atomic E-state index is -4.32. The lowest BCUT2D eigenvalue weighted by atomic mass is 9.80. The summed E-state index contributed by atoms with van der Waals surface area (Å²) < 4.78 is 50.2. The highest BCUT2D eigenvalue weighted by molar-refractivity contribution is 5.16. The Labute approximate surface area is 116 Å². The summed E-state index contributed by atoms with van der Waals surface area (Å²) in [5.41, 5.74) is 0.124. The third kappa shape index (κ3) is 3.33. The second-order valence-corrected chi connectivity index (χ2v) is 6.15. The first-order chi connectivity index (χ1) is 9.19. The third-order valence-electron chi connectivity index (χ3n) is 3.41. The van der Waals surface area contributed by atoms with E-state index >= 15 is 0 Å². The number of rotatable bonds is 1. The molecule has 1 fully saturated rings. The van der Waals surface area contributed by atoms with Crippen molar-refractivity contribution in [3.05, 3.63) is 35.9 Å². The van der Waals surface area contributed by atoms with E-state index in [0.717, 1.165) is 5.56 Å². The molecule has 0 saturated carbocycles. The number of ether oxygens (including phenoxy) is 2. The maximum Gasteiger partial charge on any atom is 0.396 e. The summed E-state index contributed by atoms with van der Waals surface area (Å²) in [6.45, 7) is 4.89. The molecular formula is C15H19F3O2. The maximum absolute atomic E-state index is 13.1. The summed E-state index contributed by atoms with van der Waals surface area (Å²) in [5, 5.41) is 0. The highest BCUT2D eigenvalue weighted by Crippen LogP contribution is 2.44. The Balaban J connectivity index is 2.22. The van der Waals surface area contributed by atoms with Crippen LogP contribution >= 0.6 is 0 Å². The number of benzene rings is 1. The zero-order valence-corrected chi connectivity index (χ0v) is 11.8. The van der Waals surface area contributed by atoms with E-state index < -0.39 is 29.9 Å². The molecule has 1 aliphatic rings. The van der Waals surface area contributed by atoms with Crippen molar-refractivity contribution in [2.45, 2.75) is 39.3 Å². The van der Waals surface area contributed by atoms with E-state index in [9.17, 15) is 13.2 Å². The maximum atomic E-state index is 13.1. The van der Waals surface area contributed by atoms with Crippen molar-refractivity contribution in [1.29, 1.82) is 0 Å². The lowest BCUT2D eigenvalue weighted by Gasteiger charge is -2.43. The summed E-state index contributed by atoms with van der Waals surface area (Å²) in [6, 6.07) is 9.04. The van der Waals surface area contributed by atoms with Gasteiger partial charge in [0.05, 0.1) is 12.7 Å². The summed E-state index contributed by atoms with van der Waals surface area (Å²) in [7, 11) is 0. The predicted molar refractivity (Wildman–Crippen MR) is 69.0 cm³/mol. The van der Waals surface area contributed by atoms with Gasteiger partial charge in [-0.05, 0) is 5.41 Å². The Bertz CT molecular complexity index is 437. The molecule has 1 aromatic carbocycles. The average Bonchev–Trinajstić information content (AvgIpc) is 2.37. The van der Waals surface area contributed by atoms with Crippen LogP contribution in [0.4, 0.5) is 13.2 Å². The van der Waals surface area contributed by atoms with Crippen molar-refractivity contribution >= 4 is 0 Å². The number of hydrogen-bond donors (Lipinski definition) is 0. The molecule has 3 atom stereocenters. The Hall–Kier alpha value is -1.07. The molecular weight excluding hydrogens is 269 g/mol. The topological polar surface area (TPSA) is 18.5 Å². The van der Waals surface area contributed by atoms with Gasteiger partial charge in [-0.2, -0.15) is 13.2 Å². The van der Waals surface area contributed by atoms with Crippen LogP contribution in [0.15, 0.2) is 30.3 Å². The molecule has 2 nitrogen and oxygen atoms in total. The largest absolute Gasteiger partial charge is 0.396 e. The van der Waals surface area contributed by atoms with E-state index in [1.165, 1.54) is 0 Å². The molecule has 1 aliphatic heterocycles. The molecule has 0 amide bonds. The van der Waals surface area contributed by atoms with Crippen LogP contribution in [0.3, 0.4) is 0 Å². The molecule has 0 bridgehead atoms. The first-order valence-corrected chi connectivity index (χ1v) is 6.58. The van der Waals surface area contributed by atoms with Gasteiger partial charge >= 0.3 is 6.18 Å². The van der Waals surface area contributed by atoms with Gasteiger partial charge in [0.25, 0.3) is 0 Å². The van der Waals surface area contributed by atoms with Crippen LogP contribution in [0.2, 0.25) is 0 Å². The minimum absolute atomic E-state index is 0.370. The zero-order valence-electron chi connectivity index (χ0n) is 11.8. The first kappa shape index (κ1) is 15.3. The molecule has 0 unspecified atom stereocenters. The summed E-state index contributed by atoms with van der Waals surface area (Å²) in [5.74, 6) is -1.59. The van der Waals surface area contributed by atoms with Crippen molar-refractivity contribution in [2.75, 3.05) is 6.61 Å². The highest BCUT2D eigenvalue weighted by Gasteiger charge is 2.52. The van der Waals surface area contributed by atoms with E-state index in [1.807, 2.05) is 18.2 Å². The molecule has 2 rings (SSSR count). The lowest BCUT2D eigenvalue weighted by molar-refractivity contribution is -0.321. The molecule has 0 N–H and O–H groups in total. The molecule has 0 radical (unpaired) electrons. The minimum Gasteiger partial charge on any atom is -0.348 e. The molecule has 1 heterocycles. The van der Waals surface area contributed by atoms with Gasteiger partial charge < -0.3 is 9.47 Å². The van der Waals surface area contributed by atoms with Crippen LogP contribution in [0.5, 0.6) is 0 Å². The van der Waals surface area contributed by atoms with Crippen molar-refractivity contribution in [2.24, 2.45) is 11.3 Å². The van der Waals surface area contributed by atoms with Crippen LogP contribution in [-0.4, -0.2) is 18.9 Å². The molecule has 0 aromatic heterocycles. The van der Waals surface area contributed by atoms with Gasteiger partial charge in [0.1, 0.15) is 5.92 Å². The fourth-order valence-corrected chi connectivity index (χ4v) is 2.40. The first-order valence-electron chi connectivity index (χ1n) is 6.58. The van der Waals surface area contributed by atoms with E-state index in [4.69, 9.17) is 9.47 Å². The van der Waals surface area contributed by atoms with Crippen LogP contribution in [0.1, 0.15) is 32.6 Å². The smallest absolute Gasteiger partial charge is 0.348 e. The Kier molecular flexibility index (Phi) is 4.12. The van der Waals surface area contributed by atoms with Gasteiger partial charge in [-0.3, -0.25) is 0 Å². The van der Waals surface area contributed by atoms with Crippen LogP contribution < -0.4 is 0 Å².